The first-order valence-electron chi connectivity index (χ1n) is 7.76. The SMILES string of the molecule is CCN(C(c1ccc(Cl)cc1)C(F)(F)F)S(=O)(=O)N1CC2(COC2)C1. The Bertz CT molecular complexity index is 727. The van der Waals surface area contributed by atoms with Crippen LogP contribution in [0.2, 0.25) is 5.02 Å². The standard InChI is InChI=1S/C15H18ClF3N2O3S/c1-2-21(25(22,23)20-7-14(8-20)9-24-10-14)13(15(17,18)19)11-3-5-12(16)6-4-11/h3-6,13H,2,7-10H2,1H3. The Morgan fingerprint density at radius 2 is 1.84 bits per heavy atom. The zero-order chi connectivity index (χ0) is 18.5. The van der Waals surface area contributed by atoms with Crippen LogP contribution in [0.4, 0.5) is 13.2 Å². The molecule has 0 saturated carbocycles. The number of benzene rings is 1. The van der Waals surface area contributed by atoms with E-state index in [0.717, 1.165) is 4.31 Å². The van der Waals surface area contributed by atoms with Crippen molar-refractivity contribution < 1.29 is 26.3 Å². The van der Waals surface area contributed by atoms with E-state index in [9.17, 15) is 21.6 Å². The van der Waals surface area contributed by atoms with Gasteiger partial charge in [-0.3, -0.25) is 0 Å². The predicted octanol–water partition coefficient (Wildman–Crippen LogP) is 2.84. The summed E-state index contributed by atoms with van der Waals surface area (Å²) >= 11 is 5.74. The highest BCUT2D eigenvalue weighted by Gasteiger charge is 2.57. The molecule has 2 saturated heterocycles. The second-order valence-electron chi connectivity index (χ2n) is 6.47. The molecule has 2 fully saturated rings. The van der Waals surface area contributed by atoms with E-state index in [1.54, 1.807) is 0 Å². The molecule has 1 aromatic carbocycles. The van der Waals surface area contributed by atoms with Gasteiger partial charge >= 0.3 is 6.18 Å². The molecule has 2 heterocycles. The molecular weight excluding hydrogens is 381 g/mol. The quantitative estimate of drug-likeness (QED) is 0.766. The Labute approximate surface area is 149 Å². The third kappa shape index (κ3) is 3.40. The average Bonchev–Trinajstić information content (AvgIpc) is 2.41. The van der Waals surface area contributed by atoms with E-state index in [-0.39, 0.29) is 35.6 Å². The van der Waals surface area contributed by atoms with Crippen LogP contribution in [0.15, 0.2) is 24.3 Å². The monoisotopic (exact) mass is 398 g/mol. The largest absolute Gasteiger partial charge is 0.409 e. The lowest BCUT2D eigenvalue weighted by Gasteiger charge is -2.55. The minimum atomic E-state index is -4.75. The van der Waals surface area contributed by atoms with Crippen molar-refractivity contribution in [2.75, 3.05) is 32.8 Å². The number of rotatable bonds is 5. The predicted molar refractivity (Wildman–Crippen MR) is 86.4 cm³/mol. The molecule has 5 nitrogen and oxygen atoms in total. The summed E-state index contributed by atoms with van der Waals surface area (Å²) in [7, 11) is -4.24. The lowest BCUT2D eigenvalue weighted by molar-refractivity contribution is -0.180. The Hall–Kier alpha value is -0.870. The van der Waals surface area contributed by atoms with Crippen molar-refractivity contribution in [3.63, 3.8) is 0 Å². The summed E-state index contributed by atoms with van der Waals surface area (Å²) in [6, 6.07) is 2.79. The maximum atomic E-state index is 13.7. The molecule has 0 aliphatic carbocycles. The molecule has 1 unspecified atom stereocenters. The summed E-state index contributed by atoms with van der Waals surface area (Å²) in [5.74, 6) is 0. The Balaban J connectivity index is 1.91. The first-order chi connectivity index (χ1) is 11.6. The van der Waals surface area contributed by atoms with Crippen LogP contribution in [0.5, 0.6) is 0 Å². The molecule has 2 aliphatic rings. The molecule has 0 radical (unpaired) electrons. The molecular formula is C15H18ClF3N2O3S. The van der Waals surface area contributed by atoms with Crippen molar-refractivity contribution in [1.29, 1.82) is 0 Å². The molecule has 1 spiro atoms. The van der Waals surface area contributed by atoms with E-state index in [1.807, 2.05) is 0 Å². The van der Waals surface area contributed by atoms with Gasteiger partial charge in [-0.1, -0.05) is 30.7 Å². The van der Waals surface area contributed by atoms with Crippen LogP contribution in [0.25, 0.3) is 0 Å². The second-order valence-corrected chi connectivity index (χ2v) is 8.79. The first-order valence-corrected chi connectivity index (χ1v) is 9.53. The minimum absolute atomic E-state index is 0.162. The highest BCUT2D eigenvalue weighted by atomic mass is 35.5. The van der Waals surface area contributed by atoms with Crippen molar-refractivity contribution in [2.24, 2.45) is 5.41 Å². The van der Waals surface area contributed by atoms with Gasteiger partial charge in [-0.15, -0.1) is 0 Å². The molecule has 3 rings (SSSR count). The van der Waals surface area contributed by atoms with Gasteiger partial charge in [0.1, 0.15) is 6.04 Å². The van der Waals surface area contributed by atoms with E-state index in [2.05, 4.69) is 0 Å². The van der Waals surface area contributed by atoms with Crippen molar-refractivity contribution in [1.82, 2.24) is 8.61 Å². The fourth-order valence-electron chi connectivity index (χ4n) is 3.23. The summed E-state index contributed by atoms with van der Waals surface area (Å²) in [4.78, 5) is 0. The summed E-state index contributed by atoms with van der Waals surface area (Å²) in [6.07, 6.45) is -4.75. The van der Waals surface area contributed by atoms with E-state index in [0.29, 0.717) is 17.5 Å². The number of hydrogen-bond acceptors (Lipinski definition) is 3. The summed E-state index contributed by atoms with van der Waals surface area (Å²) in [6.45, 7) is 2.38. The summed E-state index contributed by atoms with van der Waals surface area (Å²) < 4.78 is 73.4. The van der Waals surface area contributed by atoms with E-state index in [1.165, 1.54) is 31.2 Å². The van der Waals surface area contributed by atoms with Gasteiger partial charge in [0.15, 0.2) is 0 Å². The van der Waals surface area contributed by atoms with Gasteiger partial charge in [0.2, 0.25) is 0 Å². The van der Waals surface area contributed by atoms with E-state index >= 15 is 0 Å². The summed E-state index contributed by atoms with van der Waals surface area (Å²) in [5, 5.41) is 0.283. The van der Waals surface area contributed by atoms with Crippen molar-refractivity contribution >= 4 is 21.8 Å². The number of ether oxygens (including phenoxy) is 1. The van der Waals surface area contributed by atoms with Gasteiger partial charge in [-0.25, -0.2) is 0 Å². The highest BCUT2D eigenvalue weighted by Crippen LogP contribution is 2.44. The van der Waals surface area contributed by atoms with Crippen LogP contribution in [-0.4, -0.2) is 56.1 Å². The van der Waals surface area contributed by atoms with Crippen LogP contribution in [0.1, 0.15) is 18.5 Å². The molecule has 2 aliphatic heterocycles. The highest BCUT2D eigenvalue weighted by molar-refractivity contribution is 7.86. The Morgan fingerprint density at radius 1 is 1.28 bits per heavy atom. The maximum absolute atomic E-state index is 13.7. The molecule has 10 heteroatoms. The first kappa shape index (κ1) is 18.9. The molecule has 140 valence electrons. The zero-order valence-corrected chi connectivity index (χ0v) is 15.0. The Kier molecular flexibility index (Phi) is 4.83. The fourth-order valence-corrected chi connectivity index (χ4v) is 5.36. The fraction of sp³-hybridized carbons (Fsp3) is 0.600. The molecule has 0 bridgehead atoms. The molecule has 0 amide bonds. The summed E-state index contributed by atoms with van der Waals surface area (Å²) in [5.41, 5.74) is -0.384. The van der Waals surface area contributed by atoms with Crippen molar-refractivity contribution in [2.45, 2.75) is 19.1 Å². The number of halogens is 4. The molecule has 1 aromatic rings. The molecule has 1 atom stereocenters. The molecule has 0 N–H and O–H groups in total. The van der Waals surface area contributed by atoms with Gasteiger partial charge in [0.25, 0.3) is 10.2 Å². The van der Waals surface area contributed by atoms with E-state index in [4.69, 9.17) is 16.3 Å². The zero-order valence-electron chi connectivity index (χ0n) is 13.5. The third-order valence-electron chi connectivity index (χ3n) is 4.56. The topological polar surface area (TPSA) is 49.9 Å². The van der Waals surface area contributed by atoms with Crippen molar-refractivity contribution in [3.8, 4) is 0 Å². The number of hydrogen-bond donors (Lipinski definition) is 0. The van der Waals surface area contributed by atoms with Crippen LogP contribution in [-0.2, 0) is 14.9 Å². The third-order valence-corrected chi connectivity index (χ3v) is 6.78. The van der Waals surface area contributed by atoms with Gasteiger partial charge < -0.3 is 4.74 Å². The lowest BCUT2D eigenvalue weighted by atomic mass is 9.80. The Morgan fingerprint density at radius 3 is 2.24 bits per heavy atom. The number of alkyl halides is 3. The molecule has 0 aromatic heterocycles. The average molecular weight is 399 g/mol. The van der Waals surface area contributed by atoms with Crippen LogP contribution in [0, 0.1) is 5.41 Å². The normalized spacial score (nSPS) is 21.8. The molecule has 25 heavy (non-hydrogen) atoms. The number of nitrogens with zero attached hydrogens (tertiary/aromatic N) is 2. The maximum Gasteiger partial charge on any atom is 0.409 e. The van der Waals surface area contributed by atoms with Gasteiger partial charge in [0.05, 0.1) is 13.2 Å². The van der Waals surface area contributed by atoms with Crippen LogP contribution in [0.3, 0.4) is 0 Å². The smallest absolute Gasteiger partial charge is 0.380 e. The van der Waals surface area contributed by atoms with Crippen LogP contribution < -0.4 is 0 Å². The van der Waals surface area contributed by atoms with E-state index < -0.39 is 22.4 Å². The second kappa shape index (κ2) is 6.38. The van der Waals surface area contributed by atoms with Crippen LogP contribution >= 0.6 is 11.6 Å². The van der Waals surface area contributed by atoms with Gasteiger partial charge in [-0.2, -0.15) is 30.2 Å². The lowest BCUT2D eigenvalue weighted by Crippen LogP contribution is -2.69. The van der Waals surface area contributed by atoms with Crippen molar-refractivity contribution in [3.05, 3.63) is 34.9 Å². The van der Waals surface area contributed by atoms with Gasteiger partial charge in [-0.05, 0) is 17.7 Å². The van der Waals surface area contributed by atoms with Gasteiger partial charge in [0, 0.05) is 30.1 Å². The minimum Gasteiger partial charge on any atom is -0.380 e.